The molecule has 0 saturated carbocycles. The van der Waals surface area contributed by atoms with E-state index in [-0.39, 0.29) is 6.61 Å². The summed E-state index contributed by atoms with van der Waals surface area (Å²) in [5, 5.41) is 9.66. The van der Waals surface area contributed by atoms with Crippen LogP contribution in [0.15, 0.2) is 24.3 Å². The molecule has 0 aliphatic heterocycles. The molecular weight excluding hydrogens is 294 g/mol. The first-order valence-corrected chi connectivity index (χ1v) is 9.14. The molecule has 130 valence electrons. The maximum Gasteiger partial charge on any atom is 0.0472 e. The van der Waals surface area contributed by atoms with Crippen molar-refractivity contribution in [2.45, 2.75) is 66.2 Å². The molecule has 1 aromatic heterocycles. The van der Waals surface area contributed by atoms with Crippen molar-refractivity contribution in [3.05, 3.63) is 52.3 Å². The molecule has 0 radical (unpaired) electrons. The summed E-state index contributed by atoms with van der Waals surface area (Å²) in [6, 6.07) is 8.75. The van der Waals surface area contributed by atoms with Gasteiger partial charge in [0.2, 0.25) is 0 Å². The van der Waals surface area contributed by atoms with E-state index in [0.717, 1.165) is 12.1 Å². The number of hydrogen-bond donors (Lipinski definition) is 1. The van der Waals surface area contributed by atoms with Crippen LogP contribution >= 0.6 is 0 Å². The number of aliphatic hydroxyl groups excluding tert-OH is 1. The van der Waals surface area contributed by atoms with Gasteiger partial charge in [-0.2, -0.15) is 0 Å². The summed E-state index contributed by atoms with van der Waals surface area (Å²) in [6.07, 6.45) is 1.62. The molecule has 2 rings (SSSR count). The second kappa shape index (κ2) is 7.94. The third-order valence-electron chi connectivity index (χ3n) is 4.61. The molecule has 0 bridgehead atoms. The van der Waals surface area contributed by atoms with Crippen LogP contribution in [0, 0.1) is 6.92 Å². The molecule has 0 saturated heterocycles. The first kappa shape index (κ1) is 18.7. The van der Waals surface area contributed by atoms with Crippen molar-refractivity contribution in [1.82, 2.24) is 4.98 Å². The summed E-state index contributed by atoms with van der Waals surface area (Å²) >= 11 is 0. The topological polar surface area (TPSA) is 33.1 Å². The zero-order valence-electron chi connectivity index (χ0n) is 16.0. The van der Waals surface area contributed by atoms with E-state index in [9.17, 15) is 5.11 Å². The molecule has 0 aliphatic carbocycles. The highest BCUT2D eigenvalue weighted by Crippen LogP contribution is 2.37. The number of aryl methyl sites for hydroxylation is 1. The number of rotatable bonds is 6. The highest BCUT2D eigenvalue weighted by molar-refractivity contribution is 5.73. The van der Waals surface area contributed by atoms with E-state index in [0.29, 0.717) is 18.3 Å². The Morgan fingerprint density at radius 2 is 1.46 bits per heavy atom. The average molecular weight is 325 g/mol. The number of aromatic nitrogens is 1. The third-order valence-corrected chi connectivity index (χ3v) is 4.61. The van der Waals surface area contributed by atoms with Gasteiger partial charge in [0.1, 0.15) is 0 Å². The van der Waals surface area contributed by atoms with E-state index in [1.165, 1.54) is 33.5 Å². The Balaban J connectivity index is 2.86. The van der Waals surface area contributed by atoms with Crippen molar-refractivity contribution in [1.29, 1.82) is 0 Å². The van der Waals surface area contributed by atoms with E-state index in [1.54, 1.807) is 0 Å². The number of aliphatic hydroxyl groups is 1. The van der Waals surface area contributed by atoms with Crippen LogP contribution < -0.4 is 0 Å². The lowest BCUT2D eigenvalue weighted by atomic mass is 9.85. The molecule has 2 aromatic rings. The lowest BCUT2D eigenvalue weighted by molar-refractivity contribution is 0.299. The predicted octanol–water partition coefficient (Wildman–Crippen LogP) is 5.40. The number of pyridine rings is 1. The zero-order chi connectivity index (χ0) is 17.9. The molecule has 0 aliphatic rings. The van der Waals surface area contributed by atoms with Crippen LogP contribution in [0.5, 0.6) is 0 Å². The molecule has 24 heavy (non-hydrogen) atoms. The van der Waals surface area contributed by atoms with Crippen LogP contribution in [-0.4, -0.2) is 16.7 Å². The van der Waals surface area contributed by atoms with Crippen LogP contribution in [-0.2, 0) is 12.8 Å². The second-order valence-corrected chi connectivity index (χ2v) is 7.22. The number of hydrogen-bond acceptors (Lipinski definition) is 2. The smallest absolute Gasteiger partial charge is 0.0472 e. The van der Waals surface area contributed by atoms with Crippen LogP contribution in [0.1, 0.15) is 74.5 Å². The Labute approximate surface area is 147 Å². The highest BCUT2D eigenvalue weighted by Gasteiger charge is 2.22. The van der Waals surface area contributed by atoms with E-state index in [2.05, 4.69) is 65.8 Å². The summed E-state index contributed by atoms with van der Waals surface area (Å²) in [6.45, 7) is 13.3. The van der Waals surface area contributed by atoms with Crippen LogP contribution in [0.2, 0.25) is 0 Å². The lowest BCUT2D eigenvalue weighted by Crippen LogP contribution is -2.13. The van der Waals surface area contributed by atoms with E-state index in [4.69, 9.17) is 4.98 Å². The summed E-state index contributed by atoms with van der Waals surface area (Å²) < 4.78 is 0. The molecular formula is C22H31NO. The van der Waals surface area contributed by atoms with Gasteiger partial charge in [0, 0.05) is 18.0 Å². The summed E-state index contributed by atoms with van der Waals surface area (Å²) in [4.78, 5) is 5.05. The Morgan fingerprint density at radius 3 is 1.92 bits per heavy atom. The quantitative estimate of drug-likeness (QED) is 0.771. The van der Waals surface area contributed by atoms with Crippen LogP contribution in [0.25, 0.3) is 11.1 Å². The molecule has 0 fully saturated rings. The molecule has 1 N–H and O–H groups in total. The van der Waals surface area contributed by atoms with Gasteiger partial charge in [-0.15, -0.1) is 0 Å². The van der Waals surface area contributed by atoms with Crippen LogP contribution in [0.4, 0.5) is 0 Å². The van der Waals surface area contributed by atoms with Gasteiger partial charge in [-0.25, -0.2) is 0 Å². The Hall–Kier alpha value is -1.67. The maximum absolute atomic E-state index is 9.66. The molecule has 0 atom stereocenters. The SMILES string of the molecule is CCc1c(C(C)C)nc(C(C)C)c(CCO)c1-c1ccc(C)cc1. The fourth-order valence-corrected chi connectivity index (χ4v) is 3.45. The monoisotopic (exact) mass is 325 g/mol. The Kier molecular flexibility index (Phi) is 6.17. The second-order valence-electron chi connectivity index (χ2n) is 7.22. The van der Waals surface area contributed by atoms with Gasteiger partial charge in [0.15, 0.2) is 0 Å². The van der Waals surface area contributed by atoms with Crippen molar-refractivity contribution in [2.24, 2.45) is 0 Å². The molecule has 1 heterocycles. The average Bonchev–Trinajstić information content (AvgIpc) is 2.54. The molecule has 2 heteroatoms. The minimum absolute atomic E-state index is 0.157. The van der Waals surface area contributed by atoms with Gasteiger partial charge < -0.3 is 5.11 Å². The molecule has 1 aromatic carbocycles. The van der Waals surface area contributed by atoms with Gasteiger partial charge >= 0.3 is 0 Å². The first-order chi connectivity index (χ1) is 11.4. The van der Waals surface area contributed by atoms with Gasteiger partial charge in [-0.3, -0.25) is 4.98 Å². The Bertz CT molecular complexity index is 684. The van der Waals surface area contributed by atoms with Gasteiger partial charge in [0.05, 0.1) is 0 Å². The molecule has 0 unspecified atom stereocenters. The number of benzene rings is 1. The highest BCUT2D eigenvalue weighted by atomic mass is 16.2. The molecule has 0 spiro atoms. The summed E-state index contributed by atoms with van der Waals surface area (Å²) in [5.74, 6) is 0.740. The van der Waals surface area contributed by atoms with Crippen molar-refractivity contribution in [3.63, 3.8) is 0 Å². The Morgan fingerprint density at radius 1 is 0.917 bits per heavy atom. The van der Waals surface area contributed by atoms with Gasteiger partial charge in [0.25, 0.3) is 0 Å². The number of nitrogens with zero attached hydrogens (tertiary/aromatic N) is 1. The zero-order valence-corrected chi connectivity index (χ0v) is 16.0. The van der Waals surface area contributed by atoms with Crippen molar-refractivity contribution < 1.29 is 5.11 Å². The predicted molar refractivity (Wildman–Crippen MR) is 103 cm³/mol. The van der Waals surface area contributed by atoms with Crippen LogP contribution in [0.3, 0.4) is 0 Å². The minimum Gasteiger partial charge on any atom is -0.396 e. The molecule has 0 amide bonds. The van der Waals surface area contributed by atoms with E-state index >= 15 is 0 Å². The summed E-state index contributed by atoms with van der Waals surface area (Å²) in [5.41, 5.74) is 8.71. The van der Waals surface area contributed by atoms with E-state index in [1.807, 2.05) is 0 Å². The van der Waals surface area contributed by atoms with Crippen molar-refractivity contribution >= 4 is 0 Å². The lowest BCUT2D eigenvalue weighted by Gasteiger charge is -2.24. The molecule has 2 nitrogen and oxygen atoms in total. The largest absolute Gasteiger partial charge is 0.396 e. The van der Waals surface area contributed by atoms with Gasteiger partial charge in [-0.05, 0) is 53.9 Å². The third kappa shape index (κ3) is 3.70. The first-order valence-electron chi connectivity index (χ1n) is 9.14. The summed E-state index contributed by atoms with van der Waals surface area (Å²) in [7, 11) is 0. The van der Waals surface area contributed by atoms with Crippen molar-refractivity contribution in [2.75, 3.05) is 6.61 Å². The minimum atomic E-state index is 0.157. The normalized spacial score (nSPS) is 11.5. The van der Waals surface area contributed by atoms with Crippen molar-refractivity contribution in [3.8, 4) is 11.1 Å². The fraction of sp³-hybridized carbons (Fsp3) is 0.500. The standard InChI is InChI=1S/C22H31NO/c1-7-18-20(17-10-8-16(6)9-11-17)19(12-13-24)22(15(4)5)23-21(18)14(2)3/h8-11,14-15,24H,7,12-13H2,1-6H3. The maximum atomic E-state index is 9.66. The van der Waals surface area contributed by atoms with E-state index < -0.39 is 0 Å². The fourth-order valence-electron chi connectivity index (χ4n) is 3.45. The van der Waals surface area contributed by atoms with Gasteiger partial charge in [-0.1, -0.05) is 64.4 Å².